The van der Waals surface area contributed by atoms with Gasteiger partial charge in [0.1, 0.15) is 5.57 Å². The lowest BCUT2D eigenvalue weighted by molar-refractivity contribution is -0.134. The molecule has 1 rings (SSSR count). The smallest absolute Gasteiger partial charge is 0.339 e. The number of rotatable bonds is 3. The van der Waals surface area contributed by atoms with Crippen LogP contribution in [0.1, 0.15) is 12.5 Å². The van der Waals surface area contributed by atoms with Crippen molar-refractivity contribution in [3.8, 4) is 11.5 Å². The summed E-state index contributed by atoms with van der Waals surface area (Å²) in [6, 6.07) is 3.77. The van der Waals surface area contributed by atoms with Crippen LogP contribution in [0.25, 0.3) is 6.08 Å². The lowest BCUT2D eigenvalue weighted by Crippen LogP contribution is -2.08. The van der Waals surface area contributed by atoms with Crippen molar-refractivity contribution in [2.45, 2.75) is 6.92 Å². The molecule has 0 aliphatic heterocycles. The number of hydrogen-bond acceptors (Lipinski definition) is 4. The van der Waals surface area contributed by atoms with Crippen molar-refractivity contribution in [1.82, 2.24) is 0 Å². The summed E-state index contributed by atoms with van der Waals surface area (Å²) in [5.41, 5.74) is -0.0620. The van der Waals surface area contributed by atoms with Gasteiger partial charge in [-0.25, -0.2) is 4.79 Å². The molecule has 0 aromatic heterocycles. The standard InChI is InChI=1S/C11H10O5/c1-6(12)8(11(15)16)4-7-2-3-9(13)10(14)5-7/h2-5,13-14H,1H3,(H,15,16). The molecule has 16 heavy (non-hydrogen) atoms. The molecule has 0 aliphatic carbocycles. The summed E-state index contributed by atoms with van der Waals surface area (Å²) < 4.78 is 0. The highest BCUT2D eigenvalue weighted by atomic mass is 16.4. The minimum Gasteiger partial charge on any atom is -0.504 e. The summed E-state index contributed by atoms with van der Waals surface area (Å²) in [6.45, 7) is 1.14. The molecule has 0 heterocycles. The Balaban J connectivity index is 3.18. The number of aliphatic carboxylic acids is 1. The molecule has 0 saturated carbocycles. The highest BCUT2D eigenvalue weighted by Crippen LogP contribution is 2.25. The Morgan fingerprint density at radius 1 is 1.19 bits per heavy atom. The molecular weight excluding hydrogens is 212 g/mol. The third-order valence-electron chi connectivity index (χ3n) is 1.92. The number of carboxylic acids is 1. The van der Waals surface area contributed by atoms with Crippen LogP contribution in [0.2, 0.25) is 0 Å². The van der Waals surface area contributed by atoms with Crippen LogP contribution in [0.15, 0.2) is 23.8 Å². The van der Waals surface area contributed by atoms with Gasteiger partial charge in [0.25, 0.3) is 0 Å². The second kappa shape index (κ2) is 4.48. The molecule has 0 bridgehead atoms. The number of hydrogen-bond donors (Lipinski definition) is 3. The van der Waals surface area contributed by atoms with Gasteiger partial charge in [0.15, 0.2) is 17.3 Å². The monoisotopic (exact) mass is 222 g/mol. The molecule has 0 atom stereocenters. The maximum absolute atomic E-state index is 11.0. The van der Waals surface area contributed by atoms with E-state index in [1.165, 1.54) is 18.2 Å². The summed E-state index contributed by atoms with van der Waals surface area (Å²) >= 11 is 0. The van der Waals surface area contributed by atoms with E-state index in [4.69, 9.17) is 10.2 Å². The maximum atomic E-state index is 11.0. The first-order valence-corrected chi connectivity index (χ1v) is 4.39. The van der Waals surface area contributed by atoms with Gasteiger partial charge in [0, 0.05) is 0 Å². The highest BCUT2D eigenvalue weighted by molar-refractivity contribution is 6.19. The van der Waals surface area contributed by atoms with Crippen LogP contribution in [-0.2, 0) is 9.59 Å². The first-order valence-electron chi connectivity index (χ1n) is 4.39. The maximum Gasteiger partial charge on any atom is 0.339 e. The number of phenolic OH excluding ortho intramolecular Hbond substituents is 2. The molecule has 0 fully saturated rings. The van der Waals surface area contributed by atoms with Crippen molar-refractivity contribution in [2.24, 2.45) is 0 Å². The van der Waals surface area contributed by atoms with Crippen molar-refractivity contribution in [1.29, 1.82) is 0 Å². The van der Waals surface area contributed by atoms with E-state index in [2.05, 4.69) is 0 Å². The predicted molar refractivity (Wildman–Crippen MR) is 56.1 cm³/mol. The fourth-order valence-corrected chi connectivity index (χ4v) is 1.11. The molecule has 0 aliphatic rings. The first kappa shape index (κ1) is 11.8. The number of benzene rings is 1. The van der Waals surface area contributed by atoms with Gasteiger partial charge >= 0.3 is 5.97 Å². The van der Waals surface area contributed by atoms with E-state index in [1.54, 1.807) is 0 Å². The van der Waals surface area contributed by atoms with E-state index >= 15 is 0 Å². The van der Waals surface area contributed by atoms with Crippen LogP contribution >= 0.6 is 0 Å². The molecule has 0 unspecified atom stereocenters. The number of ketones is 1. The van der Waals surface area contributed by atoms with E-state index in [9.17, 15) is 14.7 Å². The van der Waals surface area contributed by atoms with Crippen molar-refractivity contribution in [3.63, 3.8) is 0 Å². The predicted octanol–water partition coefficient (Wildman–Crippen LogP) is 1.15. The number of aromatic hydroxyl groups is 2. The number of carbonyl (C=O) groups excluding carboxylic acids is 1. The average Bonchev–Trinajstić information content (AvgIpc) is 2.18. The van der Waals surface area contributed by atoms with Crippen molar-refractivity contribution in [3.05, 3.63) is 29.3 Å². The molecule has 5 nitrogen and oxygen atoms in total. The SMILES string of the molecule is CC(=O)C(=Cc1ccc(O)c(O)c1)C(=O)O. The second-order valence-corrected chi connectivity index (χ2v) is 3.17. The van der Waals surface area contributed by atoms with E-state index in [-0.39, 0.29) is 17.1 Å². The first-order chi connectivity index (χ1) is 7.41. The fraction of sp³-hybridized carbons (Fsp3) is 0.0909. The van der Waals surface area contributed by atoms with E-state index < -0.39 is 11.8 Å². The third kappa shape index (κ3) is 2.60. The van der Waals surface area contributed by atoms with Crippen LogP contribution in [0.5, 0.6) is 11.5 Å². The Morgan fingerprint density at radius 2 is 1.81 bits per heavy atom. The zero-order valence-electron chi connectivity index (χ0n) is 8.47. The Bertz CT molecular complexity index is 457. The molecule has 0 radical (unpaired) electrons. The molecule has 0 amide bonds. The largest absolute Gasteiger partial charge is 0.504 e. The number of carbonyl (C=O) groups is 2. The summed E-state index contributed by atoms with van der Waals surface area (Å²) in [5.74, 6) is -2.60. The van der Waals surface area contributed by atoms with Crippen molar-refractivity contribution in [2.75, 3.05) is 0 Å². The Hall–Kier alpha value is -2.30. The topological polar surface area (TPSA) is 94.8 Å². The normalized spacial score (nSPS) is 11.2. The van der Waals surface area contributed by atoms with Crippen LogP contribution in [-0.4, -0.2) is 27.1 Å². The zero-order valence-corrected chi connectivity index (χ0v) is 8.47. The second-order valence-electron chi connectivity index (χ2n) is 3.17. The fourth-order valence-electron chi connectivity index (χ4n) is 1.11. The van der Waals surface area contributed by atoms with Crippen molar-refractivity contribution >= 4 is 17.8 Å². The molecule has 0 spiro atoms. The van der Waals surface area contributed by atoms with Gasteiger partial charge in [-0.05, 0) is 30.7 Å². The quantitative estimate of drug-likeness (QED) is 0.308. The molecule has 1 aromatic rings. The van der Waals surface area contributed by atoms with Gasteiger partial charge < -0.3 is 15.3 Å². The van der Waals surface area contributed by atoms with Crippen molar-refractivity contribution < 1.29 is 24.9 Å². The van der Waals surface area contributed by atoms with Gasteiger partial charge in [0.2, 0.25) is 0 Å². The third-order valence-corrected chi connectivity index (χ3v) is 1.92. The molecule has 0 saturated heterocycles. The van der Waals surface area contributed by atoms with Gasteiger partial charge in [-0.3, -0.25) is 4.79 Å². The van der Waals surface area contributed by atoms with E-state index in [0.29, 0.717) is 5.56 Å². The number of phenols is 2. The zero-order chi connectivity index (χ0) is 12.3. The average molecular weight is 222 g/mol. The van der Waals surface area contributed by atoms with E-state index in [0.717, 1.165) is 13.0 Å². The lowest BCUT2D eigenvalue weighted by Gasteiger charge is -2.00. The summed E-state index contributed by atoms with van der Waals surface area (Å²) in [7, 11) is 0. The Kier molecular flexibility index (Phi) is 3.30. The number of Topliss-reactive ketones (excluding diaryl/α,β-unsaturated/α-hetero) is 1. The lowest BCUT2D eigenvalue weighted by atomic mass is 10.1. The summed E-state index contributed by atoms with van der Waals surface area (Å²) in [4.78, 5) is 21.7. The molecular formula is C11H10O5. The minimum absolute atomic E-state index is 0.308. The molecule has 5 heteroatoms. The van der Waals surface area contributed by atoms with E-state index in [1.807, 2.05) is 0 Å². The van der Waals surface area contributed by atoms with Gasteiger partial charge in [-0.2, -0.15) is 0 Å². The molecule has 1 aromatic carbocycles. The highest BCUT2D eigenvalue weighted by Gasteiger charge is 2.12. The van der Waals surface area contributed by atoms with Crippen LogP contribution in [0.3, 0.4) is 0 Å². The van der Waals surface area contributed by atoms with Crippen LogP contribution in [0, 0.1) is 0 Å². The van der Waals surface area contributed by atoms with Crippen LogP contribution in [0.4, 0.5) is 0 Å². The molecule has 84 valence electrons. The van der Waals surface area contributed by atoms with Gasteiger partial charge in [-0.1, -0.05) is 6.07 Å². The Labute approximate surface area is 91.3 Å². The van der Waals surface area contributed by atoms with Gasteiger partial charge in [0.05, 0.1) is 0 Å². The minimum atomic E-state index is -1.33. The molecule has 3 N–H and O–H groups in total. The Morgan fingerprint density at radius 3 is 2.25 bits per heavy atom. The summed E-state index contributed by atoms with van der Waals surface area (Å²) in [5, 5.41) is 26.9. The summed E-state index contributed by atoms with van der Waals surface area (Å²) in [6.07, 6.45) is 1.13. The number of carboxylic acid groups (broad SMARTS) is 1. The van der Waals surface area contributed by atoms with Crippen LogP contribution < -0.4 is 0 Å². The van der Waals surface area contributed by atoms with Gasteiger partial charge in [-0.15, -0.1) is 0 Å².